The Morgan fingerprint density at radius 3 is 2.08 bits per heavy atom. The lowest BCUT2D eigenvalue weighted by molar-refractivity contribution is -0.137. The van der Waals surface area contributed by atoms with Gasteiger partial charge in [-0.25, -0.2) is 8.78 Å². The van der Waals surface area contributed by atoms with Gasteiger partial charge in [0, 0.05) is 6.07 Å². The van der Waals surface area contributed by atoms with Crippen molar-refractivity contribution in [2.45, 2.75) is 6.18 Å². The van der Waals surface area contributed by atoms with Crippen molar-refractivity contribution in [2.24, 2.45) is 0 Å². The minimum Gasteiger partial charge on any atom is -0.396 e. The molecule has 72 valence electrons. The van der Waals surface area contributed by atoms with E-state index in [0.29, 0.717) is 6.07 Å². The van der Waals surface area contributed by atoms with Gasteiger partial charge >= 0.3 is 6.18 Å². The average Bonchev–Trinajstić information content (AvgIpc) is 1.94. The second kappa shape index (κ2) is 2.86. The fraction of sp³-hybridized carbons (Fsp3) is 0.143. The molecule has 1 rings (SSSR count). The summed E-state index contributed by atoms with van der Waals surface area (Å²) in [6.45, 7) is 0. The quantitative estimate of drug-likeness (QED) is 0.502. The van der Waals surface area contributed by atoms with Crippen molar-refractivity contribution in [3.63, 3.8) is 0 Å². The van der Waals surface area contributed by atoms with E-state index in [9.17, 15) is 22.0 Å². The maximum Gasteiger partial charge on any atom is 0.418 e. The Hall–Kier alpha value is -1.33. The van der Waals surface area contributed by atoms with Gasteiger partial charge in [0.15, 0.2) is 0 Å². The molecule has 0 atom stereocenters. The van der Waals surface area contributed by atoms with Crippen LogP contribution in [0.1, 0.15) is 5.56 Å². The van der Waals surface area contributed by atoms with E-state index in [4.69, 9.17) is 5.73 Å². The molecule has 0 amide bonds. The Labute approximate surface area is 70.0 Å². The minimum absolute atomic E-state index is 0.151. The van der Waals surface area contributed by atoms with E-state index in [1.165, 1.54) is 0 Å². The molecule has 0 saturated carbocycles. The van der Waals surface area contributed by atoms with Gasteiger partial charge < -0.3 is 5.73 Å². The van der Waals surface area contributed by atoms with Crippen LogP contribution in [0.4, 0.5) is 27.6 Å². The van der Waals surface area contributed by atoms with Crippen LogP contribution >= 0.6 is 0 Å². The van der Waals surface area contributed by atoms with Gasteiger partial charge in [-0.3, -0.25) is 0 Å². The first-order valence-electron chi connectivity index (χ1n) is 3.14. The SMILES string of the molecule is Nc1c(F)cc(F)cc1C(F)(F)F. The Balaban J connectivity index is 3.37. The lowest BCUT2D eigenvalue weighted by atomic mass is 10.1. The van der Waals surface area contributed by atoms with E-state index >= 15 is 0 Å². The van der Waals surface area contributed by atoms with E-state index in [0.717, 1.165) is 0 Å². The minimum atomic E-state index is -4.84. The van der Waals surface area contributed by atoms with Gasteiger partial charge in [-0.1, -0.05) is 0 Å². The number of benzene rings is 1. The highest BCUT2D eigenvalue weighted by Crippen LogP contribution is 2.34. The summed E-state index contributed by atoms with van der Waals surface area (Å²) < 4.78 is 60.8. The summed E-state index contributed by atoms with van der Waals surface area (Å²) >= 11 is 0. The molecule has 0 saturated heterocycles. The highest BCUT2D eigenvalue weighted by atomic mass is 19.4. The fourth-order valence-corrected chi connectivity index (χ4v) is 0.819. The monoisotopic (exact) mass is 197 g/mol. The van der Waals surface area contributed by atoms with Crippen LogP contribution < -0.4 is 5.73 Å². The zero-order chi connectivity index (χ0) is 10.2. The third-order valence-electron chi connectivity index (χ3n) is 1.40. The largest absolute Gasteiger partial charge is 0.418 e. The van der Waals surface area contributed by atoms with Crippen molar-refractivity contribution in [1.82, 2.24) is 0 Å². The zero-order valence-electron chi connectivity index (χ0n) is 6.12. The number of alkyl halides is 3. The number of nitrogens with two attached hydrogens (primary N) is 1. The molecule has 0 aliphatic heterocycles. The Bertz CT molecular complexity index is 330. The van der Waals surface area contributed by atoms with Gasteiger partial charge in [0.2, 0.25) is 0 Å². The molecule has 0 unspecified atom stereocenters. The molecule has 1 aromatic carbocycles. The number of rotatable bonds is 0. The Morgan fingerprint density at radius 1 is 1.08 bits per heavy atom. The van der Waals surface area contributed by atoms with E-state index < -0.39 is 29.1 Å². The summed E-state index contributed by atoms with van der Waals surface area (Å²) in [4.78, 5) is 0. The maximum atomic E-state index is 12.5. The van der Waals surface area contributed by atoms with Crippen LogP contribution in [0, 0.1) is 11.6 Å². The second-order valence-electron chi connectivity index (χ2n) is 2.35. The molecule has 13 heavy (non-hydrogen) atoms. The molecule has 0 heterocycles. The van der Waals surface area contributed by atoms with Gasteiger partial charge in [0.25, 0.3) is 0 Å². The molecule has 0 spiro atoms. The predicted molar refractivity (Wildman–Crippen MR) is 35.8 cm³/mol. The fourth-order valence-electron chi connectivity index (χ4n) is 0.819. The molecule has 2 N–H and O–H groups in total. The van der Waals surface area contributed by atoms with Crippen molar-refractivity contribution >= 4 is 5.69 Å². The van der Waals surface area contributed by atoms with Crippen LogP contribution in [-0.4, -0.2) is 0 Å². The van der Waals surface area contributed by atoms with Gasteiger partial charge in [0.05, 0.1) is 11.3 Å². The summed E-state index contributed by atoms with van der Waals surface area (Å²) in [6.07, 6.45) is -4.84. The average molecular weight is 197 g/mol. The van der Waals surface area contributed by atoms with Gasteiger partial charge in [-0.15, -0.1) is 0 Å². The third kappa shape index (κ3) is 1.88. The third-order valence-corrected chi connectivity index (χ3v) is 1.40. The summed E-state index contributed by atoms with van der Waals surface area (Å²) in [5.41, 5.74) is 2.19. The van der Waals surface area contributed by atoms with E-state index in [-0.39, 0.29) is 6.07 Å². The Morgan fingerprint density at radius 2 is 1.62 bits per heavy atom. The number of hydrogen-bond acceptors (Lipinski definition) is 1. The molecule has 0 aromatic heterocycles. The highest BCUT2D eigenvalue weighted by molar-refractivity contribution is 5.49. The molecular formula is C7H4F5N. The number of hydrogen-bond donors (Lipinski definition) is 1. The van der Waals surface area contributed by atoms with Crippen molar-refractivity contribution in [3.8, 4) is 0 Å². The summed E-state index contributed by atoms with van der Waals surface area (Å²) in [7, 11) is 0. The van der Waals surface area contributed by atoms with Gasteiger partial charge in [0.1, 0.15) is 11.6 Å². The predicted octanol–water partition coefficient (Wildman–Crippen LogP) is 2.57. The van der Waals surface area contributed by atoms with Crippen molar-refractivity contribution < 1.29 is 22.0 Å². The van der Waals surface area contributed by atoms with Crippen molar-refractivity contribution in [2.75, 3.05) is 5.73 Å². The van der Waals surface area contributed by atoms with E-state index in [2.05, 4.69) is 0 Å². The molecular weight excluding hydrogens is 193 g/mol. The Kier molecular flexibility index (Phi) is 2.15. The molecule has 1 nitrogen and oxygen atoms in total. The maximum absolute atomic E-state index is 12.5. The van der Waals surface area contributed by atoms with Gasteiger partial charge in [-0.2, -0.15) is 13.2 Å². The number of anilines is 1. The first-order chi connectivity index (χ1) is 5.82. The smallest absolute Gasteiger partial charge is 0.396 e. The topological polar surface area (TPSA) is 26.0 Å². The first kappa shape index (κ1) is 9.76. The molecule has 0 aliphatic carbocycles. The van der Waals surface area contributed by atoms with Crippen LogP contribution in [-0.2, 0) is 6.18 Å². The molecule has 1 aromatic rings. The first-order valence-corrected chi connectivity index (χ1v) is 3.14. The van der Waals surface area contributed by atoms with Crippen molar-refractivity contribution in [3.05, 3.63) is 29.3 Å². The lowest BCUT2D eigenvalue weighted by Gasteiger charge is -2.09. The summed E-state index contributed by atoms with van der Waals surface area (Å²) in [5.74, 6) is -2.72. The molecule has 0 bridgehead atoms. The molecule has 0 aliphatic rings. The highest BCUT2D eigenvalue weighted by Gasteiger charge is 2.34. The van der Waals surface area contributed by atoms with Crippen LogP contribution in [0.2, 0.25) is 0 Å². The standard InChI is InChI=1S/C7H4F5N/c8-3-1-4(7(10,11)12)6(13)5(9)2-3/h1-2H,13H2. The van der Waals surface area contributed by atoms with Crippen LogP contribution in [0.25, 0.3) is 0 Å². The normalized spacial score (nSPS) is 11.8. The molecule has 0 radical (unpaired) electrons. The van der Waals surface area contributed by atoms with Crippen LogP contribution in [0.5, 0.6) is 0 Å². The summed E-state index contributed by atoms with van der Waals surface area (Å²) in [6, 6.07) is 0.447. The van der Waals surface area contributed by atoms with Crippen LogP contribution in [0.3, 0.4) is 0 Å². The van der Waals surface area contributed by atoms with E-state index in [1.54, 1.807) is 0 Å². The number of halogens is 5. The molecule has 0 fully saturated rings. The lowest BCUT2D eigenvalue weighted by Crippen LogP contribution is -2.11. The second-order valence-corrected chi connectivity index (χ2v) is 2.35. The van der Waals surface area contributed by atoms with Gasteiger partial charge in [-0.05, 0) is 6.07 Å². The van der Waals surface area contributed by atoms with Crippen LogP contribution in [0.15, 0.2) is 12.1 Å². The molecule has 6 heteroatoms. The van der Waals surface area contributed by atoms with E-state index in [1.807, 2.05) is 0 Å². The summed E-state index contributed by atoms with van der Waals surface area (Å²) in [5, 5.41) is 0. The van der Waals surface area contributed by atoms with Crippen molar-refractivity contribution in [1.29, 1.82) is 0 Å². The zero-order valence-corrected chi connectivity index (χ0v) is 6.12. The number of nitrogen functional groups attached to an aromatic ring is 1.